The summed E-state index contributed by atoms with van der Waals surface area (Å²) in [6.45, 7) is 0.495. The molecule has 0 spiro atoms. The summed E-state index contributed by atoms with van der Waals surface area (Å²) in [6.07, 6.45) is 0.736. The summed E-state index contributed by atoms with van der Waals surface area (Å²) in [5.74, 6) is 0.404. The molecule has 6 nitrogen and oxygen atoms in total. The van der Waals surface area contributed by atoms with Crippen LogP contribution in [0.1, 0.15) is 16.2 Å². The van der Waals surface area contributed by atoms with Crippen LogP contribution < -0.4 is 10.1 Å². The highest BCUT2D eigenvalue weighted by molar-refractivity contribution is 5.89. The Morgan fingerprint density at radius 1 is 1.08 bits per heavy atom. The van der Waals surface area contributed by atoms with Gasteiger partial charge in [0.2, 0.25) is 0 Å². The second kappa shape index (κ2) is 7.41. The number of hydrogen-bond acceptors (Lipinski definition) is 5. The first-order valence-corrected chi connectivity index (χ1v) is 7.57. The molecule has 0 bridgehead atoms. The fourth-order valence-corrected chi connectivity index (χ4v) is 2.29. The van der Waals surface area contributed by atoms with Crippen molar-refractivity contribution in [1.82, 2.24) is 15.5 Å². The van der Waals surface area contributed by atoms with Crippen LogP contribution in [-0.2, 0) is 6.42 Å². The van der Waals surface area contributed by atoms with Gasteiger partial charge in [0.15, 0.2) is 0 Å². The van der Waals surface area contributed by atoms with Crippen LogP contribution in [0.25, 0.3) is 11.5 Å². The van der Waals surface area contributed by atoms with Crippen LogP contribution in [0.4, 0.5) is 0 Å². The highest BCUT2D eigenvalue weighted by Gasteiger charge is 2.17. The van der Waals surface area contributed by atoms with Gasteiger partial charge in [0, 0.05) is 6.54 Å². The van der Waals surface area contributed by atoms with Crippen LogP contribution >= 0.6 is 0 Å². The molecule has 1 amide bonds. The van der Waals surface area contributed by atoms with Crippen LogP contribution in [0, 0.1) is 0 Å². The van der Waals surface area contributed by atoms with Crippen molar-refractivity contribution in [3.05, 3.63) is 66.1 Å². The first kappa shape index (κ1) is 15.7. The van der Waals surface area contributed by atoms with Crippen molar-refractivity contribution in [2.24, 2.45) is 0 Å². The fraction of sp³-hybridized carbons (Fsp3) is 0.167. The van der Waals surface area contributed by atoms with Gasteiger partial charge in [0.05, 0.1) is 12.7 Å². The number of methoxy groups -OCH3 is 1. The predicted octanol–water partition coefficient (Wildman–Crippen LogP) is 2.72. The van der Waals surface area contributed by atoms with Gasteiger partial charge < -0.3 is 14.5 Å². The Morgan fingerprint density at radius 2 is 1.83 bits per heavy atom. The molecule has 3 aromatic rings. The van der Waals surface area contributed by atoms with Crippen molar-refractivity contribution in [3.8, 4) is 17.2 Å². The molecule has 2 aromatic carbocycles. The number of amides is 1. The van der Waals surface area contributed by atoms with Crippen LogP contribution in [-0.4, -0.2) is 29.8 Å². The summed E-state index contributed by atoms with van der Waals surface area (Å²) in [6, 6.07) is 17.2. The third-order valence-electron chi connectivity index (χ3n) is 3.50. The minimum Gasteiger partial charge on any atom is -0.496 e. The maximum Gasteiger partial charge on any atom is 0.308 e. The number of para-hydroxylation sites is 1. The molecule has 0 saturated carbocycles. The van der Waals surface area contributed by atoms with Crippen LogP contribution in [0.15, 0.2) is 59.0 Å². The molecular formula is C18H17N3O3. The van der Waals surface area contributed by atoms with E-state index in [-0.39, 0.29) is 17.7 Å². The van der Waals surface area contributed by atoms with Gasteiger partial charge in [-0.05, 0) is 24.1 Å². The first-order valence-electron chi connectivity index (χ1n) is 7.57. The van der Waals surface area contributed by atoms with Crippen molar-refractivity contribution in [2.75, 3.05) is 13.7 Å². The van der Waals surface area contributed by atoms with E-state index < -0.39 is 0 Å². The summed E-state index contributed by atoms with van der Waals surface area (Å²) in [5, 5.41) is 10.5. The monoisotopic (exact) mass is 323 g/mol. The van der Waals surface area contributed by atoms with E-state index in [1.807, 2.05) is 42.5 Å². The number of carbonyl (C=O) groups is 1. The van der Waals surface area contributed by atoms with Gasteiger partial charge in [0.1, 0.15) is 5.75 Å². The molecule has 1 aromatic heterocycles. The Bertz CT molecular complexity index is 815. The maximum absolute atomic E-state index is 12.1. The molecule has 0 atom stereocenters. The van der Waals surface area contributed by atoms with E-state index in [0.29, 0.717) is 17.9 Å². The maximum atomic E-state index is 12.1. The Labute approximate surface area is 139 Å². The summed E-state index contributed by atoms with van der Waals surface area (Å²) in [4.78, 5) is 12.1. The van der Waals surface area contributed by atoms with Crippen molar-refractivity contribution in [2.45, 2.75) is 6.42 Å². The minimum absolute atomic E-state index is 0.0658. The van der Waals surface area contributed by atoms with Crippen molar-refractivity contribution in [1.29, 1.82) is 0 Å². The number of nitrogens with zero attached hydrogens (tertiary/aromatic N) is 2. The number of carbonyl (C=O) groups excluding carboxylic acids is 1. The zero-order chi connectivity index (χ0) is 16.8. The van der Waals surface area contributed by atoms with E-state index in [1.165, 1.54) is 0 Å². The number of hydrogen-bond donors (Lipinski definition) is 1. The van der Waals surface area contributed by atoms with Crippen LogP contribution in [0.5, 0.6) is 5.75 Å². The molecule has 24 heavy (non-hydrogen) atoms. The molecule has 3 rings (SSSR count). The number of nitrogens with one attached hydrogen (secondary N) is 1. The standard InChI is InChI=1S/C18H17N3O3/c1-23-15-10-6-5-9-14(15)17-20-21-18(24-17)16(22)19-12-11-13-7-3-2-4-8-13/h2-10H,11-12H2,1H3,(H,19,22). The van der Waals surface area contributed by atoms with Crippen LogP contribution in [0.3, 0.4) is 0 Å². The summed E-state index contributed by atoms with van der Waals surface area (Å²) < 4.78 is 10.7. The summed E-state index contributed by atoms with van der Waals surface area (Å²) in [7, 11) is 1.56. The van der Waals surface area contributed by atoms with Crippen LogP contribution in [0.2, 0.25) is 0 Å². The Morgan fingerprint density at radius 3 is 2.62 bits per heavy atom. The third-order valence-corrected chi connectivity index (χ3v) is 3.50. The van der Waals surface area contributed by atoms with Gasteiger partial charge in [0.25, 0.3) is 5.89 Å². The Hall–Kier alpha value is -3.15. The topological polar surface area (TPSA) is 77.2 Å². The lowest BCUT2D eigenvalue weighted by atomic mass is 10.1. The summed E-state index contributed by atoms with van der Waals surface area (Å²) in [5.41, 5.74) is 1.80. The molecule has 0 radical (unpaired) electrons. The Kier molecular flexibility index (Phi) is 4.86. The molecule has 1 heterocycles. The van der Waals surface area contributed by atoms with E-state index in [2.05, 4.69) is 15.5 Å². The fourth-order valence-electron chi connectivity index (χ4n) is 2.29. The van der Waals surface area contributed by atoms with E-state index >= 15 is 0 Å². The highest BCUT2D eigenvalue weighted by atomic mass is 16.5. The number of aromatic nitrogens is 2. The largest absolute Gasteiger partial charge is 0.496 e. The first-order chi connectivity index (χ1) is 11.8. The predicted molar refractivity (Wildman–Crippen MR) is 88.8 cm³/mol. The summed E-state index contributed by atoms with van der Waals surface area (Å²) >= 11 is 0. The lowest BCUT2D eigenvalue weighted by Crippen LogP contribution is -2.26. The molecule has 0 unspecified atom stereocenters. The zero-order valence-electron chi connectivity index (χ0n) is 13.2. The van der Waals surface area contributed by atoms with E-state index in [9.17, 15) is 4.79 Å². The molecule has 6 heteroatoms. The SMILES string of the molecule is COc1ccccc1-c1nnc(C(=O)NCCc2ccccc2)o1. The molecule has 122 valence electrons. The average molecular weight is 323 g/mol. The lowest BCUT2D eigenvalue weighted by Gasteiger charge is -2.03. The van der Waals surface area contributed by atoms with E-state index in [1.54, 1.807) is 19.2 Å². The molecule has 0 saturated heterocycles. The van der Waals surface area contributed by atoms with Gasteiger partial charge in [-0.15, -0.1) is 10.2 Å². The second-order valence-corrected chi connectivity index (χ2v) is 5.10. The van der Waals surface area contributed by atoms with Crippen molar-refractivity contribution in [3.63, 3.8) is 0 Å². The van der Waals surface area contributed by atoms with E-state index in [4.69, 9.17) is 9.15 Å². The van der Waals surface area contributed by atoms with Gasteiger partial charge in [-0.25, -0.2) is 0 Å². The van der Waals surface area contributed by atoms with Gasteiger partial charge in [-0.2, -0.15) is 0 Å². The van der Waals surface area contributed by atoms with Crippen molar-refractivity contribution < 1.29 is 13.9 Å². The van der Waals surface area contributed by atoms with Gasteiger partial charge in [-0.3, -0.25) is 4.79 Å². The zero-order valence-corrected chi connectivity index (χ0v) is 13.2. The molecular weight excluding hydrogens is 306 g/mol. The molecule has 0 aliphatic heterocycles. The van der Waals surface area contributed by atoms with Gasteiger partial charge >= 0.3 is 11.8 Å². The normalized spacial score (nSPS) is 10.4. The average Bonchev–Trinajstić information content (AvgIpc) is 3.12. The van der Waals surface area contributed by atoms with E-state index in [0.717, 1.165) is 12.0 Å². The molecule has 1 N–H and O–H groups in total. The molecule has 0 aliphatic carbocycles. The number of rotatable bonds is 6. The lowest BCUT2D eigenvalue weighted by molar-refractivity contribution is 0.0920. The highest BCUT2D eigenvalue weighted by Crippen LogP contribution is 2.28. The van der Waals surface area contributed by atoms with Crippen molar-refractivity contribution >= 4 is 5.91 Å². The number of benzene rings is 2. The molecule has 0 fully saturated rings. The quantitative estimate of drug-likeness (QED) is 0.755. The minimum atomic E-state index is -0.389. The second-order valence-electron chi connectivity index (χ2n) is 5.10. The Balaban J connectivity index is 1.63. The third kappa shape index (κ3) is 3.60. The van der Waals surface area contributed by atoms with Gasteiger partial charge in [-0.1, -0.05) is 42.5 Å². The number of ether oxygens (including phenoxy) is 1. The smallest absolute Gasteiger partial charge is 0.308 e. The molecule has 0 aliphatic rings.